The molecule has 9 heterocycles. The molecule has 0 fully saturated rings. The molecule has 0 aliphatic heterocycles. The molecule has 13 aromatic rings. The van der Waals surface area contributed by atoms with Gasteiger partial charge >= 0.3 is 345 Å². The van der Waals surface area contributed by atoms with Crippen LogP contribution in [0.2, 0.25) is 0 Å². The van der Waals surface area contributed by atoms with Crippen LogP contribution >= 0.6 is 46.2 Å². The number of carbonyl (C=O) groups excluding carboxylic acids is 6. The first-order chi connectivity index (χ1) is 62.1. The van der Waals surface area contributed by atoms with Crippen molar-refractivity contribution in [3.63, 3.8) is 0 Å². The van der Waals surface area contributed by atoms with Gasteiger partial charge in [0.1, 0.15) is 32.8 Å². The fourth-order valence-electron chi connectivity index (χ4n) is 11.7. The number of carboxylic acids is 2. The molecule has 69 heteroatoms. The average molecular weight is 2170 g/mol. The van der Waals surface area contributed by atoms with Crippen molar-refractivity contribution in [1.82, 2.24) is 83.6 Å². The van der Waals surface area contributed by atoms with Crippen molar-refractivity contribution in [3.8, 4) is 29.3 Å². The van der Waals surface area contributed by atoms with E-state index in [1.807, 2.05) is 90.6 Å². The number of fused-ring (bicyclic) bond motifs is 2. The average Bonchev–Trinajstić information content (AvgIpc) is 1.60. The minimum atomic E-state index is -4.92. The van der Waals surface area contributed by atoms with Crippen molar-refractivity contribution < 1.29 is 404 Å². The Labute approximate surface area is 1060 Å². The molecule has 0 unspecified atom stereocenters. The Hall–Kier alpha value is -4.82. The van der Waals surface area contributed by atoms with Crippen LogP contribution in [0.1, 0.15) is 127 Å². The summed E-state index contributed by atoms with van der Waals surface area (Å²) < 4.78 is 134. The Morgan fingerprint density at radius 2 is 0.831 bits per heavy atom. The number of aromatic nitrogens is 19. The molecule has 0 spiro atoms. The Morgan fingerprint density at radius 3 is 1.17 bits per heavy atom. The number of imidazole rings is 2. The van der Waals surface area contributed by atoms with Gasteiger partial charge < -0.3 is 68.4 Å². The van der Waals surface area contributed by atoms with Crippen molar-refractivity contribution in [3.05, 3.63) is 132 Å². The van der Waals surface area contributed by atoms with Gasteiger partial charge in [0.25, 0.3) is 22.2 Å². The molecule has 4 aromatic carbocycles. The Balaban J connectivity index is 0. The van der Waals surface area contributed by atoms with Gasteiger partial charge in [-0.05, 0) is 29.6 Å². The largest absolute Gasteiger partial charge is 1.00 e. The van der Waals surface area contributed by atoms with Crippen LogP contribution in [0.25, 0.3) is 45.3 Å². The van der Waals surface area contributed by atoms with E-state index in [9.17, 15) is 50.8 Å². The van der Waals surface area contributed by atoms with Crippen LogP contribution in [0.4, 0.5) is 68.2 Å². The molecule has 0 aliphatic carbocycles. The van der Waals surface area contributed by atoms with Gasteiger partial charge in [0.2, 0.25) is 0 Å². The summed E-state index contributed by atoms with van der Waals surface area (Å²) in [7, 11) is -12.5. The predicted octanol–water partition coefficient (Wildman–Crippen LogP) is -22.0. The molecule has 702 valence electrons. The van der Waals surface area contributed by atoms with Gasteiger partial charge in [0.05, 0.1) is 70.2 Å². The standard InChI is InChI=1S/C37H43N17O7S2.C34H34N14O4S4.2CO2.4K.5Li.2O3S/c1-10-51-23-14-12-11-13-21(23)49(8)34(51)45-43-25-27(36(2,3)4)47-53(29(25)38)31-40-32(42-33(55)41-31)54-30(39)26(28(48-54)37(5,6)7)44-46-35-50(9)22-16-15-20(63(59,60)61)19-24(22)52(35)17-18-62(56,57)58;1-33(2,3)23-21(25(35)47(45-23)19-11-7-9-17(15-19)27(49)50)37-39-29-41-43-31(55-29)53-13-14-54-32-44-42-30(56-32)40-38-22-24(34(4,5)6)46-48(26(22)36)20-12-8-10-18(16-20)28(51)52;2*2-1-3;;;;;;;;;;2*1-4(2)3/h11,13-16,19,38-39H,1,10,17-18H2,2-9H3,(H3,40,41,42,55,56,57,58,59,60,61);9-12,15-16H,13-14,35-36H2,1-6H3,(H,49,50)(H,51,52);;;;;;;;;;;;;/q2*-2;;;9*+1;;/p-3. The number of carboxylic acid groups (broad SMARTS) is 2. The zero-order valence-corrected chi connectivity index (χ0v) is 99.9. The molecule has 0 saturated heterocycles. The third kappa shape index (κ3) is 37.7. The van der Waals surface area contributed by atoms with E-state index in [0.717, 1.165) is 32.5 Å². The zero-order valence-electron chi connectivity index (χ0n) is 80.9. The summed E-state index contributed by atoms with van der Waals surface area (Å²) in [6.45, 7) is 26.7. The monoisotopic (exact) mass is 2170 g/mol. The van der Waals surface area contributed by atoms with Crippen molar-refractivity contribution in [1.29, 1.82) is 0 Å². The first-order valence-corrected chi connectivity index (χ1v) is 45.8. The summed E-state index contributed by atoms with van der Waals surface area (Å²) in [6, 6.07) is 25.1. The van der Waals surface area contributed by atoms with E-state index in [1.165, 1.54) is 102 Å². The molecule has 9 aromatic heterocycles. The van der Waals surface area contributed by atoms with E-state index in [1.54, 1.807) is 39.0 Å². The number of thioether (sulfide) groups is 2. The van der Waals surface area contributed by atoms with E-state index in [0.29, 0.717) is 88.3 Å². The number of benzene rings is 4. The predicted molar refractivity (Wildman–Crippen MR) is 460 cm³/mol. The number of nitrogens with two attached hydrogens (primary N) is 4. The first-order valence-electron chi connectivity index (χ1n) is 37.3. The molecule has 8 N–H and O–H groups in total. The quantitative estimate of drug-likeness (QED) is 0.00830. The third-order valence-electron chi connectivity index (χ3n) is 17.4. The number of azo groups is 4. The molecule has 142 heavy (non-hydrogen) atoms. The molecule has 0 amide bonds. The molecule has 0 radical (unpaired) electrons. The molecule has 0 atom stereocenters. The number of aryl methyl sites for hydroxylation is 3. The summed E-state index contributed by atoms with van der Waals surface area (Å²) in [5.74, 6) is -2.29. The van der Waals surface area contributed by atoms with E-state index < -0.39 is 98.3 Å². The third-order valence-corrected chi connectivity index (χ3v) is 23.1. The molecular weight excluding hydrogens is 2090 g/mol. The van der Waals surface area contributed by atoms with Gasteiger partial charge in [0.15, 0.2) is 43.1 Å². The summed E-state index contributed by atoms with van der Waals surface area (Å²) in [6.07, 6.45) is 0.500. The van der Waals surface area contributed by atoms with Crippen molar-refractivity contribution in [2.45, 2.75) is 131 Å². The summed E-state index contributed by atoms with van der Waals surface area (Å²) in [5.41, 5.74) is 29.3. The number of nitrogen functional groups attached to an aromatic ring is 4. The maximum absolute atomic E-state index is 13.2. The number of hydrogen-bond donors (Lipinski definition) is 4. The number of aromatic carboxylic acids is 2. The van der Waals surface area contributed by atoms with Crippen LogP contribution < -0.4 is 347 Å². The van der Waals surface area contributed by atoms with Crippen molar-refractivity contribution >= 4 is 202 Å². The fourth-order valence-corrected chi connectivity index (χ4v) is 16.0. The number of nitrogens with zero attached hydrogens (tertiary/aromatic N) is 27. The smallest absolute Gasteiger partial charge is 0.844 e. The van der Waals surface area contributed by atoms with Crippen LogP contribution in [0.15, 0.2) is 127 Å². The van der Waals surface area contributed by atoms with Crippen molar-refractivity contribution in [2.75, 3.05) is 40.2 Å². The molecule has 13 rings (SSSR count). The molecule has 0 aliphatic rings. The molecular formula is C73H74K4Li5N31O21S8+2. The van der Waals surface area contributed by atoms with Gasteiger partial charge in [-0.2, -0.15) is 102 Å². The summed E-state index contributed by atoms with van der Waals surface area (Å²) in [4.78, 5) is 67.2. The van der Waals surface area contributed by atoms with Gasteiger partial charge in [-0.15, -0.1) is 101 Å². The SMILES string of the molecule is CC(C)(C)c1nn(-c2c[c-]cc(C(=O)[O-])c2)c(N)c1N=Nc1nnc(SCCSc2nnc(N=Nc3c(C(C)(C)C)nn(-c4c[c-]cc(C(=O)[O-])c4)c3N)s2)s1.O=C=O.O=C=O.O=S(=O)=O.O=S(=O)=O.[CH2-]Cn1c(N=Nc2c(C(C)(C)C)nn(-c3nc([O-])nc(-n4nc(C(C)(C)C)c(N=Nc5n(CCS(=O)(=O)[O-])c6cc(S(=O)(=O)[O-])ccc6[n+]5C)c4N)n3)c2N)[n+](C)c2cc[c-]cc21.[K+].[K+].[K+].[K+].[Li+].[Li+].[Li+].[Li+].[Li+]. The Bertz CT molecular complexity index is 7120. The Morgan fingerprint density at radius 1 is 0.493 bits per heavy atom. The zero-order chi connectivity index (χ0) is 99.1. The van der Waals surface area contributed by atoms with Gasteiger partial charge in [0, 0.05) is 66.4 Å². The van der Waals surface area contributed by atoms with Crippen LogP contribution in [0.3, 0.4) is 0 Å². The normalized spacial score (nSPS) is 11.2. The van der Waals surface area contributed by atoms with Gasteiger partial charge in [-0.1, -0.05) is 146 Å². The topological polar surface area (TPSA) is 771 Å². The second kappa shape index (κ2) is 60.9. The second-order valence-electron chi connectivity index (χ2n) is 30.8. The van der Waals surface area contributed by atoms with Gasteiger partial charge in [-0.3, -0.25) is 13.9 Å². The fraction of sp³-hybridized carbons (Fsp3) is 0.315. The first kappa shape index (κ1) is 139. The summed E-state index contributed by atoms with van der Waals surface area (Å²) >= 11 is 5.53. The maximum Gasteiger partial charge on any atom is 1.00 e. The minimum Gasteiger partial charge on any atom is -0.844 e. The Kier molecular flexibility index (Phi) is 59.7. The minimum absolute atomic E-state index is 0. The molecule has 52 nitrogen and oxygen atoms in total. The van der Waals surface area contributed by atoms with E-state index in [4.69, 9.17) is 67.4 Å². The number of hydrogen-bond acceptors (Lipinski definition) is 48. The number of carbonyl (C=O) groups is 2. The molecule has 0 bridgehead atoms. The van der Waals surface area contributed by atoms with Crippen LogP contribution in [0.5, 0.6) is 6.01 Å². The van der Waals surface area contributed by atoms with Crippen molar-refractivity contribution in [2.24, 2.45) is 55.0 Å². The maximum atomic E-state index is 13.2. The van der Waals surface area contributed by atoms with Crippen LogP contribution in [-0.2, 0) is 109 Å². The number of anilines is 4. The van der Waals surface area contributed by atoms with E-state index in [2.05, 4.69) is 122 Å². The van der Waals surface area contributed by atoms with E-state index in [-0.39, 0.29) is 387 Å². The summed E-state index contributed by atoms with van der Waals surface area (Å²) in [5, 5.41) is 107. The van der Waals surface area contributed by atoms with Crippen LogP contribution in [-0.4, -0.2) is 176 Å². The second-order valence-corrected chi connectivity index (χ2v) is 39.1. The molecule has 0 saturated carbocycles. The van der Waals surface area contributed by atoms with E-state index >= 15 is 0 Å². The van der Waals surface area contributed by atoms with Crippen LogP contribution in [0, 0.1) is 25.1 Å². The number of rotatable bonds is 24. The van der Waals surface area contributed by atoms with Gasteiger partial charge in [-0.25, -0.2) is 35.9 Å².